The summed E-state index contributed by atoms with van der Waals surface area (Å²) in [5.74, 6) is -2.70. The van der Waals surface area contributed by atoms with Crippen LogP contribution in [0.25, 0.3) is 0 Å². The van der Waals surface area contributed by atoms with E-state index in [1.165, 1.54) is 6.07 Å². The highest BCUT2D eigenvalue weighted by molar-refractivity contribution is 7.89. The van der Waals surface area contributed by atoms with Crippen molar-refractivity contribution in [1.82, 2.24) is 4.72 Å². The Hall–Kier alpha value is -1.56. The van der Waals surface area contributed by atoms with E-state index in [0.717, 1.165) is 0 Å². The zero-order valence-corrected chi connectivity index (χ0v) is 10.8. The first kappa shape index (κ1) is 15.5. The molecule has 0 amide bonds. The van der Waals surface area contributed by atoms with Gasteiger partial charge in [0.2, 0.25) is 10.0 Å². The summed E-state index contributed by atoms with van der Waals surface area (Å²) >= 11 is 0. The lowest BCUT2D eigenvalue weighted by molar-refractivity contribution is 0.253. The molecule has 2 N–H and O–H groups in total. The van der Waals surface area contributed by atoms with E-state index in [0.29, 0.717) is 12.1 Å². The van der Waals surface area contributed by atoms with Gasteiger partial charge >= 0.3 is 0 Å². The van der Waals surface area contributed by atoms with Crippen LogP contribution in [-0.2, 0) is 10.0 Å². The SMILES string of the molecule is CC[C@H](CO)NS(=O)(=O)c1c(F)cc(C#N)cc1F. The van der Waals surface area contributed by atoms with Crippen LogP contribution in [0.4, 0.5) is 8.78 Å². The van der Waals surface area contributed by atoms with Crippen molar-refractivity contribution in [2.45, 2.75) is 24.3 Å². The molecule has 0 aliphatic heterocycles. The van der Waals surface area contributed by atoms with Crippen LogP contribution in [0.15, 0.2) is 17.0 Å². The van der Waals surface area contributed by atoms with E-state index in [2.05, 4.69) is 0 Å². The van der Waals surface area contributed by atoms with Gasteiger partial charge in [-0.3, -0.25) is 0 Å². The van der Waals surface area contributed by atoms with Crippen LogP contribution in [0.2, 0.25) is 0 Å². The van der Waals surface area contributed by atoms with Crippen molar-refractivity contribution < 1.29 is 22.3 Å². The summed E-state index contributed by atoms with van der Waals surface area (Å²) in [6.07, 6.45) is 0.259. The number of rotatable bonds is 5. The van der Waals surface area contributed by atoms with Gasteiger partial charge in [-0.05, 0) is 18.6 Å². The van der Waals surface area contributed by atoms with Gasteiger partial charge in [0, 0.05) is 6.04 Å². The molecule has 1 atom stereocenters. The quantitative estimate of drug-likeness (QED) is 0.842. The average molecular weight is 290 g/mol. The number of nitrogens with zero attached hydrogens (tertiary/aromatic N) is 1. The molecule has 8 heteroatoms. The third-order valence-electron chi connectivity index (χ3n) is 2.43. The fraction of sp³-hybridized carbons (Fsp3) is 0.364. The Labute approximate surface area is 109 Å². The van der Waals surface area contributed by atoms with E-state index in [9.17, 15) is 17.2 Å². The lowest BCUT2D eigenvalue weighted by atomic mass is 10.2. The summed E-state index contributed by atoms with van der Waals surface area (Å²) < 4.78 is 52.8. The molecule has 0 fully saturated rings. The molecule has 0 aliphatic rings. The van der Waals surface area contributed by atoms with E-state index in [4.69, 9.17) is 10.4 Å². The molecule has 0 saturated heterocycles. The number of nitriles is 1. The Morgan fingerprint density at radius 2 is 1.95 bits per heavy atom. The monoisotopic (exact) mass is 290 g/mol. The molecule has 1 aromatic rings. The van der Waals surface area contributed by atoms with E-state index < -0.39 is 39.2 Å². The predicted octanol–water partition coefficient (Wildman–Crippen LogP) is 0.886. The van der Waals surface area contributed by atoms with E-state index >= 15 is 0 Å². The van der Waals surface area contributed by atoms with Crippen LogP contribution in [0, 0.1) is 23.0 Å². The Morgan fingerprint density at radius 1 is 1.42 bits per heavy atom. The van der Waals surface area contributed by atoms with Gasteiger partial charge in [-0.2, -0.15) is 5.26 Å². The third kappa shape index (κ3) is 3.47. The maximum Gasteiger partial charge on any atom is 0.246 e. The molecule has 19 heavy (non-hydrogen) atoms. The van der Waals surface area contributed by atoms with E-state index in [1.807, 2.05) is 4.72 Å². The summed E-state index contributed by atoms with van der Waals surface area (Å²) in [6.45, 7) is 1.12. The minimum absolute atomic E-state index is 0.259. The first-order valence-electron chi connectivity index (χ1n) is 5.38. The Balaban J connectivity index is 3.27. The predicted molar refractivity (Wildman–Crippen MR) is 62.6 cm³/mol. The summed E-state index contributed by atoms with van der Waals surface area (Å²) in [5.41, 5.74) is -0.317. The number of aliphatic hydroxyl groups is 1. The fourth-order valence-electron chi connectivity index (χ4n) is 1.41. The van der Waals surface area contributed by atoms with Crippen LogP contribution in [0.3, 0.4) is 0 Å². The topological polar surface area (TPSA) is 90.2 Å². The number of hydrogen-bond donors (Lipinski definition) is 2. The summed E-state index contributed by atoms with van der Waals surface area (Å²) in [6, 6.07) is 1.95. The van der Waals surface area contributed by atoms with Gasteiger partial charge < -0.3 is 5.11 Å². The molecule has 0 saturated carbocycles. The molecule has 1 rings (SSSR count). The van der Waals surface area contributed by atoms with Crippen molar-refractivity contribution in [3.8, 4) is 6.07 Å². The normalized spacial score (nSPS) is 13.0. The molecule has 1 aromatic carbocycles. The fourth-order valence-corrected chi connectivity index (χ4v) is 2.84. The Bertz CT molecular complexity index is 584. The zero-order valence-electron chi connectivity index (χ0n) is 10.0. The standard InChI is InChI=1S/C11H12F2N2O3S/c1-2-8(6-16)15-19(17,18)11-9(12)3-7(5-14)4-10(11)13/h3-4,8,15-16H,2,6H2,1H3/t8-/m1/s1. The van der Waals surface area contributed by atoms with Gasteiger partial charge in [0.15, 0.2) is 4.90 Å². The summed E-state index contributed by atoms with van der Waals surface area (Å²) in [7, 11) is -4.44. The van der Waals surface area contributed by atoms with Gasteiger partial charge in [0.1, 0.15) is 11.6 Å². The van der Waals surface area contributed by atoms with Gasteiger partial charge in [-0.25, -0.2) is 21.9 Å². The first-order chi connectivity index (χ1) is 8.85. The second-order valence-electron chi connectivity index (χ2n) is 3.79. The van der Waals surface area contributed by atoms with Crippen molar-refractivity contribution in [3.05, 3.63) is 29.3 Å². The molecule has 0 aliphatic carbocycles. The zero-order chi connectivity index (χ0) is 14.6. The van der Waals surface area contributed by atoms with Crippen LogP contribution >= 0.6 is 0 Å². The molecule has 0 bridgehead atoms. The third-order valence-corrected chi connectivity index (χ3v) is 4.00. The minimum Gasteiger partial charge on any atom is -0.395 e. The number of hydrogen-bond acceptors (Lipinski definition) is 4. The van der Waals surface area contributed by atoms with Gasteiger partial charge in [0.25, 0.3) is 0 Å². The molecule has 104 valence electrons. The van der Waals surface area contributed by atoms with Crippen LogP contribution < -0.4 is 4.72 Å². The average Bonchev–Trinajstić information content (AvgIpc) is 2.34. The largest absolute Gasteiger partial charge is 0.395 e. The maximum atomic E-state index is 13.6. The summed E-state index contributed by atoms with van der Waals surface area (Å²) in [5, 5.41) is 17.4. The van der Waals surface area contributed by atoms with Crippen LogP contribution in [0.5, 0.6) is 0 Å². The molecule has 0 aromatic heterocycles. The molecule has 0 unspecified atom stereocenters. The Kier molecular flexibility index (Phi) is 4.94. The molecule has 0 spiro atoms. The lowest BCUT2D eigenvalue weighted by Gasteiger charge is -2.15. The van der Waals surface area contributed by atoms with Gasteiger partial charge in [-0.1, -0.05) is 6.92 Å². The highest BCUT2D eigenvalue weighted by Crippen LogP contribution is 2.20. The van der Waals surface area contributed by atoms with Crippen molar-refractivity contribution >= 4 is 10.0 Å². The number of aliphatic hydroxyl groups excluding tert-OH is 1. The second-order valence-corrected chi connectivity index (χ2v) is 5.44. The van der Waals surface area contributed by atoms with E-state index in [1.54, 1.807) is 6.92 Å². The summed E-state index contributed by atoms with van der Waals surface area (Å²) in [4.78, 5) is -1.15. The molecule has 0 radical (unpaired) electrons. The van der Waals surface area contributed by atoms with Gasteiger partial charge in [-0.15, -0.1) is 0 Å². The molecule has 5 nitrogen and oxygen atoms in total. The van der Waals surface area contributed by atoms with E-state index in [-0.39, 0.29) is 12.0 Å². The molecule has 0 heterocycles. The number of halogens is 2. The highest BCUT2D eigenvalue weighted by Gasteiger charge is 2.27. The molecular formula is C11H12F2N2O3S. The second kappa shape index (κ2) is 6.06. The number of nitrogens with one attached hydrogen (secondary N) is 1. The molecular weight excluding hydrogens is 278 g/mol. The van der Waals surface area contributed by atoms with Crippen molar-refractivity contribution in [2.75, 3.05) is 6.61 Å². The smallest absolute Gasteiger partial charge is 0.246 e. The minimum atomic E-state index is -4.44. The Morgan fingerprint density at radius 3 is 2.32 bits per heavy atom. The first-order valence-corrected chi connectivity index (χ1v) is 6.86. The van der Waals surface area contributed by atoms with Crippen molar-refractivity contribution in [3.63, 3.8) is 0 Å². The number of sulfonamides is 1. The maximum absolute atomic E-state index is 13.6. The number of benzene rings is 1. The van der Waals surface area contributed by atoms with Crippen molar-refractivity contribution in [1.29, 1.82) is 5.26 Å². The van der Waals surface area contributed by atoms with Crippen molar-refractivity contribution in [2.24, 2.45) is 0 Å². The highest BCUT2D eigenvalue weighted by atomic mass is 32.2. The lowest BCUT2D eigenvalue weighted by Crippen LogP contribution is -2.37. The van der Waals surface area contributed by atoms with Crippen LogP contribution in [0.1, 0.15) is 18.9 Å². The van der Waals surface area contributed by atoms with Gasteiger partial charge in [0.05, 0.1) is 18.2 Å². The van der Waals surface area contributed by atoms with Crippen LogP contribution in [-0.4, -0.2) is 26.2 Å².